The first-order valence-corrected chi connectivity index (χ1v) is 8.97. The summed E-state index contributed by atoms with van der Waals surface area (Å²) in [5.74, 6) is 1.28. The molecule has 5 nitrogen and oxygen atoms in total. The summed E-state index contributed by atoms with van der Waals surface area (Å²) in [6.07, 6.45) is 5.26. The Morgan fingerprint density at radius 3 is 2.62 bits per heavy atom. The molecule has 1 fully saturated rings. The quantitative estimate of drug-likeness (QED) is 0.857. The number of carbonyl (C=O) groups excluding carboxylic acids is 1. The van der Waals surface area contributed by atoms with Gasteiger partial charge < -0.3 is 10.2 Å². The number of hydrogen-bond acceptors (Lipinski definition) is 4. The SMILES string of the molecule is Cc1ccc(Nc2cnc(C(=O)N3CCC(C)CC3)cn2)c(Br)c1. The molecule has 1 aliphatic rings. The number of piperidine rings is 1. The fourth-order valence-electron chi connectivity index (χ4n) is 2.74. The highest BCUT2D eigenvalue weighted by atomic mass is 79.9. The molecule has 0 radical (unpaired) electrons. The molecule has 0 atom stereocenters. The summed E-state index contributed by atoms with van der Waals surface area (Å²) in [6.45, 7) is 5.87. The van der Waals surface area contributed by atoms with Crippen LogP contribution in [0.25, 0.3) is 0 Å². The van der Waals surface area contributed by atoms with Crippen molar-refractivity contribution in [3.8, 4) is 0 Å². The van der Waals surface area contributed by atoms with Gasteiger partial charge in [0.05, 0.1) is 18.1 Å². The highest BCUT2D eigenvalue weighted by Crippen LogP contribution is 2.26. The molecule has 24 heavy (non-hydrogen) atoms. The summed E-state index contributed by atoms with van der Waals surface area (Å²) >= 11 is 3.53. The number of benzene rings is 1. The Morgan fingerprint density at radius 2 is 2.00 bits per heavy atom. The number of aromatic nitrogens is 2. The van der Waals surface area contributed by atoms with Crippen LogP contribution in [0.4, 0.5) is 11.5 Å². The lowest BCUT2D eigenvalue weighted by Crippen LogP contribution is -2.38. The number of amides is 1. The van der Waals surface area contributed by atoms with Crippen LogP contribution in [-0.4, -0.2) is 33.9 Å². The van der Waals surface area contributed by atoms with Gasteiger partial charge in [0.1, 0.15) is 11.5 Å². The lowest BCUT2D eigenvalue weighted by Gasteiger charge is -2.29. The minimum atomic E-state index is -0.0301. The van der Waals surface area contributed by atoms with Crippen molar-refractivity contribution in [2.45, 2.75) is 26.7 Å². The summed E-state index contributed by atoms with van der Waals surface area (Å²) in [6, 6.07) is 6.04. The molecule has 1 amide bonds. The monoisotopic (exact) mass is 388 g/mol. The number of hydrogen-bond donors (Lipinski definition) is 1. The van der Waals surface area contributed by atoms with Crippen LogP contribution in [-0.2, 0) is 0 Å². The highest BCUT2D eigenvalue weighted by molar-refractivity contribution is 9.10. The number of halogens is 1. The second-order valence-electron chi connectivity index (χ2n) is 6.37. The summed E-state index contributed by atoms with van der Waals surface area (Å²) in [5.41, 5.74) is 2.49. The maximum absolute atomic E-state index is 12.5. The molecule has 126 valence electrons. The van der Waals surface area contributed by atoms with E-state index in [4.69, 9.17) is 0 Å². The standard InChI is InChI=1S/C18H21BrN4O/c1-12-5-7-23(8-6-12)18(24)16-10-21-17(11-20-16)22-15-4-3-13(2)9-14(15)19/h3-4,9-12H,5-8H2,1-2H3,(H,21,22). The van der Waals surface area contributed by atoms with Gasteiger partial charge in [0.25, 0.3) is 5.91 Å². The molecule has 0 saturated carbocycles. The Balaban J connectivity index is 1.68. The minimum Gasteiger partial charge on any atom is -0.338 e. The number of rotatable bonds is 3. The second kappa shape index (κ2) is 7.30. The molecule has 6 heteroatoms. The van der Waals surface area contributed by atoms with E-state index in [-0.39, 0.29) is 5.91 Å². The van der Waals surface area contributed by atoms with Crippen molar-refractivity contribution < 1.29 is 4.79 Å². The molecule has 0 bridgehead atoms. The van der Waals surface area contributed by atoms with Crippen LogP contribution in [0.15, 0.2) is 35.1 Å². The number of anilines is 2. The van der Waals surface area contributed by atoms with E-state index in [1.807, 2.05) is 30.0 Å². The van der Waals surface area contributed by atoms with E-state index in [1.165, 1.54) is 5.56 Å². The van der Waals surface area contributed by atoms with Crippen molar-refractivity contribution in [3.05, 3.63) is 46.3 Å². The van der Waals surface area contributed by atoms with Crippen molar-refractivity contribution in [1.29, 1.82) is 0 Å². The van der Waals surface area contributed by atoms with Gasteiger partial charge in [-0.3, -0.25) is 4.79 Å². The molecule has 1 aromatic heterocycles. The highest BCUT2D eigenvalue weighted by Gasteiger charge is 2.22. The molecule has 1 aliphatic heterocycles. The second-order valence-corrected chi connectivity index (χ2v) is 7.22. The zero-order valence-corrected chi connectivity index (χ0v) is 15.5. The molecule has 0 spiro atoms. The van der Waals surface area contributed by atoms with Gasteiger partial charge in [-0.2, -0.15) is 0 Å². The normalized spacial score (nSPS) is 15.4. The first kappa shape index (κ1) is 16.9. The third-order valence-corrected chi connectivity index (χ3v) is 4.99. The zero-order chi connectivity index (χ0) is 17.1. The fraction of sp³-hybridized carbons (Fsp3) is 0.389. The van der Waals surface area contributed by atoms with Crippen molar-refractivity contribution >= 4 is 33.3 Å². The van der Waals surface area contributed by atoms with Gasteiger partial charge in [-0.25, -0.2) is 9.97 Å². The maximum atomic E-state index is 12.5. The Hall–Kier alpha value is -1.95. The van der Waals surface area contributed by atoms with Crippen molar-refractivity contribution in [2.75, 3.05) is 18.4 Å². The van der Waals surface area contributed by atoms with Crippen LogP contribution in [0.5, 0.6) is 0 Å². The predicted octanol–water partition coefficient (Wildman–Crippen LogP) is 4.16. The van der Waals surface area contributed by atoms with Crippen LogP contribution in [0.2, 0.25) is 0 Å². The van der Waals surface area contributed by atoms with Crippen LogP contribution in [0.3, 0.4) is 0 Å². The van der Waals surface area contributed by atoms with Crippen LogP contribution in [0.1, 0.15) is 35.8 Å². The Bertz CT molecular complexity index is 724. The smallest absolute Gasteiger partial charge is 0.274 e. The molecule has 3 rings (SSSR count). The van der Waals surface area contributed by atoms with E-state index < -0.39 is 0 Å². The number of likely N-dealkylation sites (tertiary alicyclic amines) is 1. The third-order valence-electron chi connectivity index (χ3n) is 4.33. The molecular weight excluding hydrogens is 368 g/mol. The fourth-order valence-corrected chi connectivity index (χ4v) is 3.33. The summed E-state index contributed by atoms with van der Waals surface area (Å²) in [7, 11) is 0. The number of nitrogens with one attached hydrogen (secondary N) is 1. The largest absolute Gasteiger partial charge is 0.338 e. The van der Waals surface area contributed by atoms with Crippen molar-refractivity contribution in [2.24, 2.45) is 5.92 Å². The Morgan fingerprint density at radius 1 is 1.25 bits per heavy atom. The predicted molar refractivity (Wildman–Crippen MR) is 98.5 cm³/mol. The van der Waals surface area contributed by atoms with Gasteiger partial charge in [-0.1, -0.05) is 13.0 Å². The van der Waals surface area contributed by atoms with Gasteiger partial charge >= 0.3 is 0 Å². The van der Waals surface area contributed by atoms with Gasteiger partial charge in [0, 0.05) is 17.6 Å². The van der Waals surface area contributed by atoms with Crippen LogP contribution < -0.4 is 5.32 Å². The van der Waals surface area contributed by atoms with Crippen LogP contribution >= 0.6 is 15.9 Å². The average Bonchev–Trinajstić information content (AvgIpc) is 2.58. The molecule has 1 aromatic carbocycles. The first-order chi connectivity index (χ1) is 11.5. The van der Waals surface area contributed by atoms with E-state index >= 15 is 0 Å². The summed E-state index contributed by atoms with van der Waals surface area (Å²) in [5, 5.41) is 3.21. The van der Waals surface area contributed by atoms with E-state index in [9.17, 15) is 4.79 Å². The number of nitrogens with zero attached hydrogens (tertiary/aromatic N) is 3. The lowest BCUT2D eigenvalue weighted by atomic mass is 9.99. The molecule has 1 saturated heterocycles. The summed E-state index contributed by atoms with van der Waals surface area (Å²) in [4.78, 5) is 22.9. The maximum Gasteiger partial charge on any atom is 0.274 e. The average molecular weight is 389 g/mol. The lowest BCUT2D eigenvalue weighted by molar-refractivity contribution is 0.0691. The Labute approximate surface area is 150 Å². The van der Waals surface area contributed by atoms with Gasteiger partial charge in [0.15, 0.2) is 0 Å². The van der Waals surface area contributed by atoms with Crippen molar-refractivity contribution in [1.82, 2.24) is 14.9 Å². The molecule has 2 heterocycles. The van der Waals surface area contributed by atoms with E-state index in [1.54, 1.807) is 12.4 Å². The molecule has 1 N–H and O–H groups in total. The Kier molecular flexibility index (Phi) is 5.14. The minimum absolute atomic E-state index is 0.0301. The molecule has 0 aliphatic carbocycles. The zero-order valence-electron chi connectivity index (χ0n) is 13.9. The van der Waals surface area contributed by atoms with Gasteiger partial charge in [-0.05, 0) is 59.3 Å². The molecular formula is C18H21BrN4O. The number of aryl methyl sites for hydroxylation is 1. The van der Waals surface area contributed by atoms with Gasteiger partial charge in [-0.15, -0.1) is 0 Å². The summed E-state index contributed by atoms with van der Waals surface area (Å²) < 4.78 is 0.965. The van der Waals surface area contributed by atoms with Gasteiger partial charge in [0.2, 0.25) is 0 Å². The van der Waals surface area contributed by atoms with Crippen molar-refractivity contribution in [3.63, 3.8) is 0 Å². The van der Waals surface area contributed by atoms with E-state index in [0.717, 1.165) is 36.1 Å². The first-order valence-electron chi connectivity index (χ1n) is 8.17. The topological polar surface area (TPSA) is 58.1 Å². The molecule has 0 unspecified atom stereocenters. The molecule has 2 aromatic rings. The van der Waals surface area contributed by atoms with E-state index in [2.05, 4.69) is 38.1 Å². The third kappa shape index (κ3) is 3.93. The van der Waals surface area contributed by atoms with E-state index in [0.29, 0.717) is 17.4 Å². The number of carbonyl (C=O) groups is 1. The van der Waals surface area contributed by atoms with Crippen LogP contribution in [0, 0.1) is 12.8 Å².